The predicted molar refractivity (Wildman–Crippen MR) is 179 cm³/mol. The van der Waals surface area contributed by atoms with Crippen molar-refractivity contribution in [3.05, 3.63) is 152 Å². The predicted octanol–water partition coefficient (Wildman–Crippen LogP) is 9.38. The summed E-state index contributed by atoms with van der Waals surface area (Å²) in [6.45, 7) is 0. The zero-order valence-electron chi connectivity index (χ0n) is 23.7. The molecule has 0 N–H and O–H groups in total. The van der Waals surface area contributed by atoms with Gasteiger partial charge in [0.2, 0.25) is 5.95 Å². The molecule has 5 nitrogen and oxygen atoms in total. The summed E-state index contributed by atoms with van der Waals surface area (Å²) in [5, 5.41) is 2.12. The maximum atomic E-state index is 5.34. The zero-order chi connectivity index (χ0) is 29.0. The van der Waals surface area contributed by atoms with E-state index in [0.717, 1.165) is 72.1 Å². The number of fused-ring (bicyclic) bond motifs is 5. The lowest BCUT2D eigenvalue weighted by Crippen LogP contribution is -2.05. The Morgan fingerprint density at radius 2 is 1.11 bits per heavy atom. The van der Waals surface area contributed by atoms with Gasteiger partial charge in [0.15, 0.2) is 0 Å². The van der Waals surface area contributed by atoms with Gasteiger partial charge in [-0.25, -0.2) is 15.0 Å². The first-order valence-corrected chi connectivity index (χ1v) is 14.7. The van der Waals surface area contributed by atoms with Gasteiger partial charge >= 0.3 is 0 Å². The quantitative estimate of drug-likeness (QED) is 0.214. The molecule has 9 aromatic rings. The number of benzene rings is 5. The van der Waals surface area contributed by atoms with Gasteiger partial charge in [0.1, 0.15) is 5.65 Å². The third-order valence-corrected chi connectivity index (χ3v) is 8.34. The Morgan fingerprint density at radius 3 is 1.89 bits per heavy atom. The number of aromatic nitrogens is 5. The van der Waals surface area contributed by atoms with E-state index in [1.165, 1.54) is 0 Å². The molecule has 4 heterocycles. The van der Waals surface area contributed by atoms with Crippen LogP contribution >= 0.6 is 0 Å². The molecule has 0 amide bonds. The van der Waals surface area contributed by atoms with E-state index in [1.54, 1.807) is 0 Å². The summed E-state index contributed by atoms with van der Waals surface area (Å²) in [5.74, 6) is 0.627. The number of rotatable bonds is 4. The number of hydrogen-bond donors (Lipinski definition) is 0. The summed E-state index contributed by atoms with van der Waals surface area (Å²) in [4.78, 5) is 15.6. The van der Waals surface area contributed by atoms with Gasteiger partial charge in [0.05, 0.1) is 33.5 Å². The van der Waals surface area contributed by atoms with Crippen LogP contribution in [0.4, 0.5) is 0 Å². The van der Waals surface area contributed by atoms with Crippen LogP contribution in [0.15, 0.2) is 152 Å². The molecule has 0 aliphatic rings. The van der Waals surface area contributed by atoms with Crippen LogP contribution in [-0.4, -0.2) is 23.9 Å². The Bertz CT molecular complexity index is 2480. The Labute approximate surface area is 253 Å². The van der Waals surface area contributed by atoms with E-state index in [-0.39, 0.29) is 0 Å². The van der Waals surface area contributed by atoms with E-state index in [4.69, 9.17) is 15.0 Å². The lowest BCUT2D eigenvalue weighted by atomic mass is 9.98. The average molecular weight is 564 g/mol. The summed E-state index contributed by atoms with van der Waals surface area (Å²) in [5.41, 5.74) is 11.2. The van der Waals surface area contributed by atoms with Crippen molar-refractivity contribution < 1.29 is 0 Å². The van der Waals surface area contributed by atoms with E-state index in [9.17, 15) is 0 Å². The fourth-order valence-corrected chi connectivity index (χ4v) is 6.40. The lowest BCUT2D eigenvalue weighted by Gasteiger charge is -2.14. The molecule has 0 aliphatic heterocycles. The molecule has 0 saturated heterocycles. The third-order valence-electron chi connectivity index (χ3n) is 8.34. The Hall–Kier alpha value is -6.07. The average Bonchev–Trinajstić information content (AvgIpc) is 3.63. The second kappa shape index (κ2) is 9.75. The largest absolute Gasteiger partial charge is 0.300 e. The SMILES string of the molecule is c1ccc(-c2nc(-n3c(-c4ccccc4)c(-c4ccccc4)c4cc5nc6ccccn6c5cc43)nc3ccccc23)cc1. The van der Waals surface area contributed by atoms with Crippen LogP contribution in [0.5, 0.6) is 0 Å². The van der Waals surface area contributed by atoms with Gasteiger partial charge in [-0.15, -0.1) is 0 Å². The molecule has 206 valence electrons. The normalized spacial score (nSPS) is 11.6. The molecule has 9 rings (SSSR count). The molecule has 0 aliphatic carbocycles. The third kappa shape index (κ3) is 3.76. The number of nitrogens with zero attached hydrogens (tertiary/aromatic N) is 5. The van der Waals surface area contributed by atoms with E-state index in [1.807, 2.05) is 36.4 Å². The number of pyridine rings is 1. The minimum Gasteiger partial charge on any atom is -0.300 e. The smallest absolute Gasteiger partial charge is 0.235 e. The molecule has 0 spiro atoms. The van der Waals surface area contributed by atoms with Crippen molar-refractivity contribution in [2.75, 3.05) is 0 Å². The molecular formula is C39H25N5. The van der Waals surface area contributed by atoms with Crippen LogP contribution in [0.1, 0.15) is 0 Å². The number of imidazole rings is 1. The van der Waals surface area contributed by atoms with Crippen LogP contribution < -0.4 is 0 Å². The second-order valence-corrected chi connectivity index (χ2v) is 10.9. The Kier molecular flexibility index (Phi) is 5.43. The molecule has 0 atom stereocenters. The van der Waals surface area contributed by atoms with Crippen LogP contribution in [0.25, 0.3) is 78.1 Å². The minimum atomic E-state index is 0.627. The first-order chi connectivity index (χ1) is 21.8. The molecule has 0 unspecified atom stereocenters. The summed E-state index contributed by atoms with van der Waals surface area (Å²) in [6.07, 6.45) is 2.07. The summed E-state index contributed by atoms with van der Waals surface area (Å²) in [6, 6.07) is 50.4. The number of para-hydroxylation sites is 1. The van der Waals surface area contributed by atoms with Crippen molar-refractivity contribution in [1.29, 1.82) is 0 Å². The fraction of sp³-hybridized carbons (Fsp3) is 0. The van der Waals surface area contributed by atoms with Gasteiger partial charge in [-0.2, -0.15) is 0 Å². The van der Waals surface area contributed by atoms with E-state index < -0.39 is 0 Å². The topological polar surface area (TPSA) is 48.0 Å². The Morgan fingerprint density at radius 1 is 0.455 bits per heavy atom. The van der Waals surface area contributed by atoms with Gasteiger partial charge in [-0.05, 0) is 41.5 Å². The molecule has 0 saturated carbocycles. The van der Waals surface area contributed by atoms with Crippen molar-refractivity contribution in [3.8, 4) is 39.6 Å². The van der Waals surface area contributed by atoms with Crippen LogP contribution in [0.2, 0.25) is 0 Å². The molecular weight excluding hydrogens is 538 g/mol. The summed E-state index contributed by atoms with van der Waals surface area (Å²) >= 11 is 0. The van der Waals surface area contributed by atoms with Gasteiger partial charge < -0.3 is 0 Å². The molecule has 44 heavy (non-hydrogen) atoms. The van der Waals surface area contributed by atoms with Crippen LogP contribution in [0.3, 0.4) is 0 Å². The molecule has 0 fully saturated rings. The van der Waals surface area contributed by atoms with Crippen molar-refractivity contribution in [2.45, 2.75) is 0 Å². The van der Waals surface area contributed by atoms with Gasteiger partial charge in [-0.1, -0.05) is 115 Å². The van der Waals surface area contributed by atoms with Crippen LogP contribution in [-0.2, 0) is 0 Å². The molecule has 0 radical (unpaired) electrons. The summed E-state index contributed by atoms with van der Waals surface area (Å²) < 4.78 is 4.39. The van der Waals surface area contributed by atoms with Crippen molar-refractivity contribution in [1.82, 2.24) is 23.9 Å². The maximum Gasteiger partial charge on any atom is 0.235 e. The van der Waals surface area contributed by atoms with Gasteiger partial charge in [0, 0.05) is 28.1 Å². The minimum absolute atomic E-state index is 0.627. The van der Waals surface area contributed by atoms with Crippen molar-refractivity contribution >= 4 is 38.5 Å². The molecule has 5 aromatic carbocycles. The zero-order valence-corrected chi connectivity index (χ0v) is 23.7. The van der Waals surface area contributed by atoms with Gasteiger partial charge in [0.25, 0.3) is 0 Å². The molecule has 5 heteroatoms. The maximum absolute atomic E-state index is 5.34. The highest BCUT2D eigenvalue weighted by atomic mass is 15.2. The molecule has 0 bridgehead atoms. The van der Waals surface area contributed by atoms with E-state index in [2.05, 4.69) is 124 Å². The fourth-order valence-electron chi connectivity index (χ4n) is 6.40. The highest BCUT2D eigenvalue weighted by molar-refractivity contribution is 6.10. The summed E-state index contributed by atoms with van der Waals surface area (Å²) in [7, 11) is 0. The number of hydrogen-bond acceptors (Lipinski definition) is 3. The highest BCUT2D eigenvalue weighted by Crippen LogP contribution is 2.44. The molecule has 4 aromatic heterocycles. The van der Waals surface area contributed by atoms with Crippen molar-refractivity contribution in [2.24, 2.45) is 0 Å². The van der Waals surface area contributed by atoms with Gasteiger partial charge in [-0.3, -0.25) is 8.97 Å². The lowest BCUT2D eigenvalue weighted by molar-refractivity contribution is 0.991. The Balaban J connectivity index is 1.48. The van der Waals surface area contributed by atoms with Crippen LogP contribution in [0, 0.1) is 0 Å². The highest BCUT2D eigenvalue weighted by Gasteiger charge is 2.25. The van der Waals surface area contributed by atoms with Crippen molar-refractivity contribution in [3.63, 3.8) is 0 Å². The second-order valence-electron chi connectivity index (χ2n) is 10.9. The first kappa shape index (κ1) is 24.5. The first-order valence-electron chi connectivity index (χ1n) is 14.7. The van der Waals surface area contributed by atoms with E-state index in [0.29, 0.717) is 5.95 Å². The standard InChI is InChI=1S/C39H25N5/c1-4-14-26(15-5-1)36-30-24-32-34(43-23-13-12-22-35(43)40-32)25-33(30)44(38(36)28-18-8-3-9-19-28)39-41-31-21-11-10-20-29(31)37(42-39)27-16-6-2-7-17-27/h1-25H. The monoisotopic (exact) mass is 563 g/mol. The van der Waals surface area contributed by atoms with E-state index >= 15 is 0 Å².